The molecule has 0 amide bonds. The van der Waals surface area contributed by atoms with Crippen LogP contribution in [0.15, 0.2) is 4.79 Å². The van der Waals surface area contributed by atoms with Crippen LogP contribution in [0.2, 0.25) is 0 Å². The molecule has 2 rings (SSSR count). The van der Waals surface area contributed by atoms with Gasteiger partial charge in [0, 0.05) is 18.9 Å². The van der Waals surface area contributed by atoms with Gasteiger partial charge in [-0.25, -0.2) is 9.78 Å². The van der Waals surface area contributed by atoms with E-state index in [1.807, 2.05) is 13.8 Å². The third-order valence-corrected chi connectivity index (χ3v) is 4.98. The van der Waals surface area contributed by atoms with Crippen molar-refractivity contribution in [3.8, 4) is 0 Å². The van der Waals surface area contributed by atoms with Crippen molar-refractivity contribution in [1.29, 1.82) is 0 Å². The molecule has 0 radical (unpaired) electrons. The van der Waals surface area contributed by atoms with E-state index in [1.54, 1.807) is 25.3 Å². The second-order valence-corrected chi connectivity index (χ2v) is 7.72. The van der Waals surface area contributed by atoms with E-state index in [9.17, 15) is 14.4 Å². The standard InChI is InChI=1S/C18H24N2O4S/c1-9(2)15-19-16-13(17(22)20(15)8-7-11(5)21)12(6)14(25-16)18(23)24-10(3)4/h9-10H,7-8H2,1-6H3. The van der Waals surface area contributed by atoms with Gasteiger partial charge in [0.15, 0.2) is 0 Å². The number of esters is 1. The molecule has 0 spiro atoms. The van der Waals surface area contributed by atoms with E-state index >= 15 is 0 Å². The summed E-state index contributed by atoms with van der Waals surface area (Å²) in [6, 6.07) is 0. The first-order chi connectivity index (χ1) is 11.6. The summed E-state index contributed by atoms with van der Waals surface area (Å²) in [6.45, 7) is 11.0. The maximum atomic E-state index is 13.0. The number of fused-ring (bicyclic) bond motifs is 1. The third kappa shape index (κ3) is 3.98. The summed E-state index contributed by atoms with van der Waals surface area (Å²) in [5.41, 5.74) is 0.391. The highest BCUT2D eigenvalue weighted by atomic mass is 32.1. The summed E-state index contributed by atoms with van der Waals surface area (Å²) in [5.74, 6) is 0.238. The summed E-state index contributed by atoms with van der Waals surface area (Å²) >= 11 is 1.19. The van der Waals surface area contributed by atoms with Crippen molar-refractivity contribution in [2.75, 3.05) is 0 Å². The maximum absolute atomic E-state index is 13.0. The van der Waals surface area contributed by atoms with Gasteiger partial charge in [-0.05, 0) is 33.3 Å². The highest BCUT2D eigenvalue weighted by molar-refractivity contribution is 7.20. The van der Waals surface area contributed by atoms with Crippen LogP contribution in [0.1, 0.15) is 68.0 Å². The number of carbonyl (C=O) groups is 2. The molecular weight excluding hydrogens is 340 g/mol. The number of carbonyl (C=O) groups excluding carboxylic acids is 2. The zero-order chi connectivity index (χ0) is 18.9. The minimum Gasteiger partial charge on any atom is -0.459 e. The van der Waals surface area contributed by atoms with Crippen LogP contribution in [-0.2, 0) is 16.1 Å². The van der Waals surface area contributed by atoms with Gasteiger partial charge in [-0.2, -0.15) is 0 Å². The van der Waals surface area contributed by atoms with Crippen molar-refractivity contribution in [1.82, 2.24) is 9.55 Å². The van der Waals surface area contributed by atoms with E-state index in [4.69, 9.17) is 4.74 Å². The largest absolute Gasteiger partial charge is 0.459 e. The van der Waals surface area contributed by atoms with Crippen LogP contribution in [0, 0.1) is 6.92 Å². The Kier molecular flexibility index (Phi) is 5.77. The Hall–Kier alpha value is -2.02. The molecule has 2 aromatic rings. The Balaban J connectivity index is 2.66. The summed E-state index contributed by atoms with van der Waals surface area (Å²) in [5, 5.41) is 0.439. The fraction of sp³-hybridized carbons (Fsp3) is 0.556. The molecule has 0 fully saturated rings. The molecule has 0 aliphatic carbocycles. The molecule has 136 valence electrons. The molecule has 0 saturated heterocycles. The lowest BCUT2D eigenvalue weighted by atomic mass is 10.1. The van der Waals surface area contributed by atoms with Gasteiger partial charge in [-0.3, -0.25) is 14.2 Å². The van der Waals surface area contributed by atoms with Gasteiger partial charge >= 0.3 is 5.97 Å². The molecule has 7 heteroatoms. The van der Waals surface area contributed by atoms with Crippen LogP contribution in [-0.4, -0.2) is 27.4 Å². The second-order valence-electron chi connectivity index (χ2n) is 6.72. The van der Waals surface area contributed by atoms with Crippen LogP contribution >= 0.6 is 11.3 Å². The molecule has 0 unspecified atom stereocenters. The number of rotatable bonds is 6. The average Bonchev–Trinajstić information content (AvgIpc) is 2.82. The number of ketones is 1. The second kappa shape index (κ2) is 7.47. The lowest BCUT2D eigenvalue weighted by Gasteiger charge is -2.14. The molecule has 0 aromatic carbocycles. The van der Waals surface area contributed by atoms with E-state index in [0.29, 0.717) is 33.0 Å². The number of Topliss-reactive ketones (excluding diaryl/α,β-unsaturated/α-hetero) is 1. The monoisotopic (exact) mass is 364 g/mol. The summed E-state index contributed by atoms with van der Waals surface area (Å²) in [4.78, 5) is 42.2. The van der Waals surface area contributed by atoms with Crippen molar-refractivity contribution < 1.29 is 14.3 Å². The van der Waals surface area contributed by atoms with E-state index in [-0.39, 0.29) is 29.8 Å². The van der Waals surface area contributed by atoms with E-state index in [0.717, 1.165) is 0 Å². The van der Waals surface area contributed by atoms with Crippen molar-refractivity contribution in [2.45, 2.75) is 66.5 Å². The predicted molar refractivity (Wildman–Crippen MR) is 98.6 cm³/mol. The fourth-order valence-electron chi connectivity index (χ4n) is 2.62. The average molecular weight is 364 g/mol. The van der Waals surface area contributed by atoms with Crippen LogP contribution < -0.4 is 5.56 Å². The van der Waals surface area contributed by atoms with Gasteiger partial charge in [-0.15, -0.1) is 11.3 Å². The number of hydrogen-bond donors (Lipinski definition) is 0. The third-order valence-electron chi connectivity index (χ3n) is 3.81. The maximum Gasteiger partial charge on any atom is 0.348 e. The van der Waals surface area contributed by atoms with Crippen molar-refractivity contribution in [3.05, 3.63) is 26.6 Å². The Morgan fingerprint density at radius 3 is 2.40 bits per heavy atom. The number of hydrogen-bond acceptors (Lipinski definition) is 6. The Bertz CT molecular complexity index is 877. The van der Waals surface area contributed by atoms with Crippen molar-refractivity contribution in [2.24, 2.45) is 0 Å². The molecular formula is C18H24N2O4S. The van der Waals surface area contributed by atoms with Gasteiger partial charge in [0.05, 0.1) is 11.5 Å². The minimum absolute atomic E-state index is 0.0185. The first-order valence-electron chi connectivity index (χ1n) is 8.37. The molecule has 0 saturated carbocycles. The molecule has 6 nitrogen and oxygen atoms in total. The number of aromatic nitrogens is 2. The van der Waals surface area contributed by atoms with E-state index in [2.05, 4.69) is 4.98 Å². The number of aryl methyl sites for hydroxylation is 1. The van der Waals surface area contributed by atoms with Crippen molar-refractivity contribution >= 4 is 33.3 Å². The number of thiophene rings is 1. The van der Waals surface area contributed by atoms with Gasteiger partial charge in [-0.1, -0.05) is 13.8 Å². The highest BCUT2D eigenvalue weighted by Gasteiger charge is 2.23. The van der Waals surface area contributed by atoms with Gasteiger partial charge in [0.25, 0.3) is 5.56 Å². The first kappa shape index (κ1) is 19.3. The SMILES string of the molecule is CC(=O)CCn1c(C(C)C)nc2sc(C(=O)OC(C)C)c(C)c2c1=O. The Labute approximate surface area is 150 Å². The zero-order valence-corrected chi connectivity index (χ0v) is 16.3. The van der Waals surface area contributed by atoms with Crippen LogP contribution in [0.25, 0.3) is 10.2 Å². The van der Waals surface area contributed by atoms with Crippen LogP contribution in [0.3, 0.4) is 0 Å². The molecule has 0 aliphatic rings. The molecule has 2 aromatic heterocycles. The van der Waals surface area contributed by atoms with Crippen molar-refractivity contribution in [3.63, 3.8) is 0 Å². The van der Waals surface area contributed by atoms with Gasteiger partial charge in [0.2, 0.25) is 0 Å². The molecule has 0 N–H and O–H groups in total. The highest BCUT2D eigenvalue weighted by Crippen LogP contribution is 2.29. The molecule has 2 heterocycles. The molecule has 0 aliphatic heterocycles. The zero-order valence-electron chi connectivity index (χ0n) is 15.5. The lowest BCUT2D eigenvalue weighted by Crippen LogP contribution is -2.27. The van der Waals surface area contributed by atoms with Crippen LogP contribution in [0.4, 0.5) is 0 Å². The lowest BCUT2D eigenvalue weighted by molar-refractivity contribution is -0.117. The number of nitrogens with zero attached hydrogens (tertiary/aromatic N) is 2. The Morgan fingerprint density at radius 1 is 1.24 bits per heavy atom. The first-order valence-corrected chi connectivity index (χ1v) is 9.19. The van der Waals surface area contributed by atoms with E-state index < -0.39 is 5.97 Å². The smallest absolute Gasteiger partial charge is 0.348 e. The number of ether oxygens (including phenoxy) is 1. The topological polar surface area (TPSA) is 78.3 Å². The van der Waals surface area contributed by atoms with Crippen LogP contribution in [0.5, 0.6) is 0 Å². The summed E-state index contributed by atoms with van der Waals surface area (Å²) in [6.07, 6.45) is 0.0432. The van der Waals surface area contributed by atoms with E-state index in [1.165, 1.54) is 18.3 Å². The molecule has 0 atom stereocenters. The van der Waals surface area contributed by atoms with Gasteiger partial charge in [0.1, 0.15) is 21.3 Å². The summed E-state index contributed by atoms with van der Waals surface area (Å²) in [7, 11) is 0. The fourth-order valence-corrected chi connectivity index (χ4v) is 3.68. The molecule has 25 heavy (non-hydrogen) atoms. The quantitative estimate of drug-likeness (QED) is 0.734. The predicted octanol–water partition coefficient (Wildman–Crippen LogP) is 3.43. The molecule has 0 bridgehead atoms. The summed E-state index contributed by atoms with van der Waals surface area (Å²) < 4.78 is 6.82. The normalized spacial score (nSPS) is 11.5. The minimum atomic E-state index is -0.434. The Morgan fingerprint density at radius 2 is 1.88 bits per heavy atom. The van der Waals surface area contributed by atoms with Gasteiger partial charge < -0.3 is 4.74 Å².